The van der Waals surface area contributed by atoms with Gasteiger partial charge in [-0.25, -0.2) is 9.78 Å². The standard InChI is InChI=1S/C20H16N2O4S/c1-24-17-8-6-14(7-9-17)20-22-16(13-27-20)11-26-19(23)12-25-18-5-3-2-4-15(18)10-21/h2-9,13H,11-12H2,1H3. The van der Waals surface area contributed by atoms with Gasteiger partial charge in [0, 0.05) is 10.9 Å². The van der Waals surface area contributed by atoms with Gasteiger partial charge in [-0.15, -0.1) is 11.3 Å². The normalized spacial score (nSPS) is 10.1. The van der Waals surface area contributed by atoms with E-state index < -0.39 is 5.97 Å². The Bertz CT molecular complexity index is 961. The number of methoxy groups -OCH3 is 1. The van der Waals surface area contributed by atoms with Crippen LogP contribution in [0.2, 0.25) is 0 Å². The molecule has 3 rings (SSSR count). The van der Waals surface area contributed by atoms with Gasteiger partial charge in [-0.2, -0.15) is 5.26 Å². The maximum absolute atomic E-state index is 11.9. The molecule has 2 aromatic carbocycles. The summed E-state index contributed by atoms with van der Waals surface area (Å²) in [6.45, 7) is -0.205. The molecular weight excluding hydrogens is 364 g/mol. The van der Waals surface area contributed by atoms with E-state index in [1.165, 1.54) is 11.3 Å². The van der Waals surface area contributed by atoms with Crippen molar-refractivity contribution < 1.29 is 19.0 Å². The van der Waals surface area contributed by atoms with Crippen LogP contribution in [0, 0.1) is 11.3 Å². The number of carbonyl (C=O) groups excluding carboxylic acids is 1. The van der Waals surface area contributed by atoms with Crippen LogP contribution in [0.15, 0.2) is 53.9 Å². The fraction of sp³-hybridized carbons (Fsp3) is 0.150. The highest BCUT2D eigenvalue weighted by Gasteiger charge is 2.10. The molecule has 0 bridgehead atoms. The van der Waals surface area contributed by atoms with Gasteiger partial charge in [-0.1, -0.05) is 12.1 Å². The van der Waals surface area contributed by atoms with Gasteiger partial charge >= 0.3 is 5.97 Å². The summed E-state index contributed by atoms with van der Waals surface area (Å²) >= 11 is 1.47. The number of hydrogen-bond acceptors (Lipinski definition) is 7. The molecular formula is C20H16N2O4S. The van der Waals surface area contributed by atoms with Crippen LogP contribution in [0.4, 0.5) is 0 Å². The number of rotatable bonds is 7. The van der Waals surface area contributed by atoms with Crippen molar-refractivity contribution in [2.45, 2.75) is 6.61 Å². The molecule has 7 heteroatoms. The van der Waals surface area contributed by atoms with Crippen LogP contribution < -0.4 is 9.47 Å². The molecule has 0 atom stereocenters. The number of carbonyl (C=O) groups is 1. The second kappa shape index (κ2) is 8.83. The fourth-order valence-corrected chi connectivity index (χ4v) is 3.07. The molecule has 27 heavy (non-hydrogen) atoms. The molecule has 0 radical (unpaired) electrons. The lowest BCUT2D eigenvalue weighted by Crippen LogP contribution is -2.15. The Labute approximate surface area is 160 Å². The van der Waals surface area contributed by atoms with Gasteiger partial charge in [-0.3, -0.25) is 0 Å². The lowest BCUT2D eigenvalue weighted by atomic mass is 10.2. The van der Waals surface area contributed by atoms with Gasteiger partial charge in [-0.05, 0) is 36.4 Å². The Morgan fingerprint density at radius 1 is 1.19 bits per heavy atom. The molecule has 1 aromatic heterocycles. The topological polar surface area (TPSA) is 81.4 Å². The molecule has 0 aliphatic heterocycles. The van der Waals surface area contributed by atoms with Gasteiger partial charge < -0.3 is 14.2 Å². The van der Waals surface area contributed by atoms with Crippen molar-refractivity contribution in [3.8, 4) is 28.1 Å². The quantitative estimate of drug-likeness (QED) is 0.580. The van der Waals surface area contributed by atoms with E-state index in [-0.39, 0.29) is 13.2 Å². The number of nitrogens with zero attached hydrogens (tertiary/aromatic N) is 2. The molecule has 1 heterocycles. The Hall–Kier alpha value is -3.37. The second-order valence-electron chi connectivity index (χ2n) is 5.43. The summed E-state index contributed by atoms with van der Waals surface area (Å²) < 4.78 is 15.7. The van der Waals surface area contributed by atoms with Crippen molar-refractivity contribution in [1.29, 1.82) is 5.26 Å². The van der Waals surface area contributed by atoms with Crippen molar-refractivity contribution >= 4 is 17.3 Å². The third-order valence-electron chi connectivity index (χ3n) is 3.62. The third-order valence-corrected chi connectivity index (χ3v) is 4.56. The monoisotopic (exact) mass is 380 g/mol. The average molecular weight is 380 g/mol. The Balaban J connectivity index is 1.52. The number of nitriles is 1. The molecule has 3 aromatic rings. The van der Waals surface area contributed by atoms with E-state index >= 15 is 0 Å². The molecule has 0 saturated heterocycles. The minimum absolute atomic E-state index is 0.0642. The number of benzene rings is 2. The van der Waals surface area contributed by atoms with Crippen molar-refractivity contribution in [2.75, 3.05) is 13.7 Å². The van der Waals surface area contributed by atoms with E-state index in [4.69, 9.17) is 19.5 Å². The Morgan fingerprint density at radius 2 is 1.96 bits per heavy atom. The van der Waals surface area contributed by atoms with Crippen molar-refractivity contribution in [3.05, 3.63) is 65.2 Å². The fourth-order valence-electron chi connectivity index (χ4n) is 2.26. The van der Waals surface area contributed by atoms with Crippen LogP contribution in [0.1, 0.15) is 11.3 Å². The van der Waals surface area contributed by atoms with Crippen LogP contribution in [0.5, 0.6) is 11.5 Å². The van der Waals surface area contributed by atoms with Crippen molar-refractivity contribution in [2.24, 2.45) is 0 Å². The largest absolute Gasteiger partial charge is 0.497 e. The molecule has 0 aliphatic carbocycles. The lowest BCUT2D eigenvalue weighted by molar-refractivity contribution is -0.147. The maximum Gasteiger partial charge on any atom is 0.344 e. The molecule has 136 valence electrons. The first-order chi connectivity index (χ1) is 13.2. The van der Waals surface area contributed by atoms with Crippen LogP contribution in [-0.2, 0) is 16.1 Å². The molecule has 0 unspecified atom stereocenters. The molecule has 0 aliphatic rings. The summed E-state index contributed by atoms with van der Waals surface area (Å²) in [5.74, 6) is 0.608. The van der Waals surface area contributed by atoms with Gasteiger partial charge in [0.25, 0.3) is 0 Å². The van der Waals surface area contributed by atoms with Crippen LogP contribution in [-0.4, -0.2) is 24.7 Å². The number of aromatic nitrogens is 1. The maximum atomic E-state index is 11.9. The molecule has 0 saturated carbocycles. The zero-order chi connectivity index (χ0) is 19.1. The van der Waals surface area contributed by atoms with Crippen molar-refractivity contribution in [3.63, 3.8) is 0 Å². The zero-order valence-electron chi connectivity index (χ0n) is 14.5. The number of esters is 1. The summed E-state index contributed by atoms with van der Waals surface area (Å²) in [7, 11) is 1.62. The second-order valence-corrected chi connectivity index (χ2v) is 6.29. The minimum atomic E-state index is -0.526. The number of thiazole rings is 1. The highest BCUT2D eigenvalue weighted by molar-refractivity contribution is 7.13. The molecule has 0 amide bonds. The molecule has 0 fully saturated rings. The third kappa shape index (κ3) is 4.84. The summed E-state index contributed by atoms with van der Waals surface area (Å²) in [6.07, 6.45) is 0. The van der Waals surface area contributed by atoms with E-state index in [0.717, 1.165) is 16.3 Å². The average Bonchev–Trinajstić information content (AvgIpc) is 3.20. The molecule has 6 nitrogen and oxygen atoms in total. The summed E-state index contributed by atoms with van der Waals surface area (Å²) in [4.78, 5) is 16.3. The Kier molecular flexibility index (Phi) is 6.02. The number of para-hydroxylation sites is 1. The van der Waals surface area contributed by atoms with Gasteiger partial charge in [0.1, 0.15) is 29.2 Å². The minimum Gasteiger partial charge on any atom is -0.497 e. The van der Waals surface area contributed by atoms with Gasteiger partial charge in [0.15, 0.2) is 6.61 Å². The SMILES string of the molecule is COc1ccc(-c2nc(COC(=O)COc3ccccc3C#N)cs2)cc1. The summed E-state index contributed by atoms with van der Waals surface area (Å²) in [6, 6.07) is 16.3. The summed E-state index contributed by atoms with van der Waals surface area (Å²) in [5.41, 5.74) is 2.00. The number of ether oxygens (including phenoxy) is 3. The van der Waals surface area contributed by atoms with Gasteiger partial charge in [0.2, 0.25) is 0 Å². The van der Waals surface area contributed by atoms with Crippen LogP contribution >= 0.6 is 11.3 Å². The zero-order valence-corrected chi connectivity index (χ0v) is 15.4. The molecule has 0 spiro atoms. The van der Waals surface area contributed by atoms with E-state index in [9.17, 15) is 4.79 Å². The highest BCUT2D eigenvalue weighted by atomic mass is 32.1. The highest BCUT2D eigenvalue weighted by Crippen LogP contribution is 2.26. The van der Waals surface area contributed by atoms with E-state index in [0.29, 0.717) is 17.0 Å². The Morgan fingerprint density at radius 3 is 2.70 bits per heavy atom. The van der Waals surface area contributed by atoms with Crippen molar-refractivity contribution in [1.82, 2.24) is 4.98 Å². The van der Waals surface area contributed by atoms with Crippen LogP contribution in [0.3, 0.4) is 0 Å². The van der Waals surface area contributed by atoms with Gasteiger partial charge in [0.05, 0.1) is 18.4 Å². The van der Waals surface area contributed by atoms with E-state index in [1.54, 1.807) is 31.4 Å². The smallest absolute Gasteiger partial charge is 0.344 e. The predicted octanol–water partition coefficient (Wildman–Crippen LogP) is 3.81. The molecule has 0 N–H and O–H groups in total. The van der Waals surface area contributed by atoms with E-state index in [1.807, 2.05) is 35.7 Å². The first-order valence-electron chi connectivity index (χ1n) is 8.06. The first-order valence-corrected chi connectivity index (χ1v) is 8.94. The van der Waals surface area contributed by atoms with E-state index in [2.05, 4.69) is 4.98 Å². The lowest BCUT2D eigenvalue weighted by Gasteiger charge is -2.07. The predicted molar refractivity (Wildman–Crippen MR) is 101 cm³/mol. The first kappa shape index (κ1) is 18.4. The van der Waals surface area contributed by atoms with Crippen LogP contribution in [0.25, 0.3) is 10.6 Å². The summed E-state index contributed by atoms with van der Waals surface area (Å²) in [5, 5.41) is 11.7. The number of hydrogen-bond donors (Lipinski definition) is 0.